The number of hydrogen-bond donors (Lipinski definition) is 2. The lowest BCUT2D eigenvalue weighted by molar-refractivity contribution is -0.130. The van der Waals surface area contributed by atoms with E-state index in [9.17, 15) is 4.79 Å². The van der Waals surface area contributed by atoms with Gasteiger partial charge >= 0.3 is 0 Å². The first-order chi connectivity index (χ1) is 8.27. The normalized spacial score (nSPS) is 18.1. The first-order valence-corrected chi connectivity index (χ1v) is 6.59. The van der Waals surface area contributed by atoms with Crippen LogP contribution in [0.5, 0.6) is 0 Å². The monoisotopic (exact) mass is 243 g/mol. The van der Waals surface area contributed by atoms with Crippen LogP contribution in [0.25, 0.3) is 0 Å². The molecule has 0 aromatic heterocycles. The summed E-state index contributed by atoms with van der Waals surface area (Å²) in [6, 6.07) is 0. The van der Waals surface area contributed by atoms with Crippen LogP contribution in [0.15, 0.2) is 0 Å². The molecule has 1 fully saturated rings. The number of aliphatic hydroxyl groups is 1. The molecule has 1 rings (SSSR count). The summed E-state index contributed by atoms with van der Waals surface area (Å²) < 4.78 is 0. The second kappa shape index (κ2) is 8.44. The van der Waals surface area contributed by atoms with Crippen LogP contribution in [0.4, 0.5) is 0 Å². The van der Waals surface area contributed by atoms with Crippen molar-refractivity contribution in [2.45, 2.75) is 19.8 Å². The van der Waals surface area contributed by atoms with Crippen LogP contribution in [0.2, 0.25) is 0 Å². The summed E-state index contributed by atoms with van der Waals surface area (Å²) in [4.78, 5) is 16.1. The number of rotatable bonds is 6. The van der Waals surface area contributed by atoms with Crippen molar-refractivity contribution in [3.05, 3.63) is 0 Å². The smallest absolute Gasteiger partial charge is 0.223 e. The molecule has 1 aliphatic heterocycles. The van der Waals surface area contributed by atoms with Gasteiger partial charge in [-0.05, 0) is 19.5 Å². The molecular formula is C12H25N3O2. The Kier molecular flexibility index (Phi) is 7.16. The second-order valence-corrected chi connectivity index (χ2v) is 4.40. The third kappa shape index (κ3) is 5.48. The Bertz CT molecular complexity index is 224. The molecule has 0 unspecified atom stereocenters. The number of amides is 1. The standard InChI is InChI=1S/C12H25N3O2/c1-2-13-5-4-12(17)15-7-3-6-14(8-9-15)10-11-16/h13,16H,2-11H2,1H3. The van der Waals surface area contributed by atoms with Crippen LogP contribution < -0.4 is 5.32 Å². The molecule has 5 nitrogen and oxygen atoms in total. The SMILES string of the molecule is CCNCCC(=O)N1CCCN(CCO)CC1. The minimum Gasteiger partial charge on any atom is -0.395 e. The minimum absolute atomic E-state index is 0.203. The molecule has 2 N–H and O–H groups in total. The first-order valence-electron chi connectivity index (χ1n) is 6.59. The predicted molar refractivity (Wildman–Crippen MR) is 67.9 cm³/mol. The molecule has 0 radical (unpaired) electrons. The van der Waals surface area contributed by atoms with E-state index in [0.717, 1.165) is 52.2 Å². The Morgan fingerprint density at radius 3 is 2.82 bits per heavy atom. The summed E-state index contributed by atoms with van der Waals surface area (Å²) in [7, 11) is 0. The van der Waals surface area contributed by atoms with Gasteiger partial charge < -0.3 is 15.3 Å². The van der Waals surface area contributed by atoms with Gasteiger partial charge in [0.2, 0.25) is 5.91 Å². The number of carbonyl (C=O) groups excluding carboxylic acids is 1. The van der Waals surface area contributed by atoms with Crippen molar-refractivity contribution in [2.24, 2.45) is 0 Å². The van der Waals surface area contributed by atoms with Crippen molar-refractivity contribution in [3.63, 3.8) is 0 Å². The molecule has 5 heteroatoms. The van der Waals surface area contributed by atoms with Crippen LogP contribution in [0.3, 0.4) is 0 Å². The fourth-order valence-corrected chi connectivity index (χ4v) is 2.12. The highest BCUT2D eigenvalue weighted by atomic mass is 16.3. The molecule has 1 amide bonds. The number of nitrogens with one attached hydrogen (secondary N) is 1. The summed E-state index contributed by atoms with van der Waals surface area (Å²) in [5.74, 6) is 0.247. The average Bonchev–Trinajstić information content (AvgIpc) is 2.55. The van der Waals surface area contributed by atoms with Crippen LogP contribution in [-0.4, -0.2) is 73.2 Å². The molecule has 0 aliphatic carbocycles. The molecule has 0 bridgehead atoms. The van der Waals surface area contributed by atoms with Crippen LogP contribution in [0.1, 0.15) is 19.8 Å². The molecule has 0 spiro atoms. The quantitative estimate of drug-likeness (QED) is 0.618. The Morgan fingerprint density at radius 2 is 2.12 bits per heavy atom. The van der Waals surface area contributed by atoms with E-state index in [1.54, 1.807) is 0 Å². The Labute approximate surface area is 104 Å². The van der Waals surface area contributed by atoms with E-state index in [1.165, 1.54) is 0 Å². The summed E-state index contributed by atoms with van der Waals surface area (Å²) in [5.41, 5.74) is 0. The number of hydrogen-bond acceptors (Lipinski definition) is 4. The highest BCUT2D eigenvalue weighted by Crippen LogP contribution is 2.04. The molecule has 1 aliphatic rings. The maximum Gasteiger partial charge on any atom is 0.223 e. The molecule has 0 aromatic rings. The van der Waals surface area contributed by atoms with Crippen molar-refractivity contribution in [1.82, 2.24) is 15.1 Å². The van der Waals surface area contributed by atoms with E-state index in [1.807, 2.05) is 11.8 Å². The molecule has 100 valence electrons. The summed E-state index contributed by atoms with van der Waals surface area (Å²) in [6.07, 6.45) is 1.60. The fraction of sp³-hybridized carbons (Fsp3) is 0.917. The molecule has 0 saturated carbocycles. The second-order valence-electron chi connectivity index (χ2n) is 4.40. The Balaban J connectivity index is 2.27. The van der Waals surface area contributed by atoms with Gasteiger partial charge in [-0.1, -0.05) is 6.92 Å². The van der Waals surface area contributed by atoms with Crippen molar-refractivity contribution >= 4 is 5.91 Å². The van der Waals surface area contributed by atoms with Crippen LogP contribution in [0, 0.1) is 0 Å². The first kappa shape index (κ1) is 14.4. The fourth-order valence-electron chi connectivity index (χ4n) is 2.12. The van der Waals surface area contributed by atoms with E-state index in [2.05, 4.69) is 10.2 Å². The third-order valence-electron chi connectivity index (χ3n) is 3.12. The molecular weight excluding hydrogens is 218 g/mol. The van der Waals surface area contributed by atoms with Gasteiger partial charge in [0.25, 0.3) is 0 Å². The highest BCUT2D eigenvalue weighted by Gasteiger charge is 2.17. The lowest BCUT2D eigenvalue weighted by Gasteiger charge is -2.21. The zero-order chi connectivity index (χ0) is 12.5. The van der Waals surface area contributed by atoms with Crippen LogP contribution >= 0.6 is 0 Å². The average molecular weight is 243 g/mol. The molecule has 0 atom stereocenters. The number of carbonyl (C=O) groups is 1. The summed E-state index contributed by atoms with van der Waals surface area (Å²) in [5, 5.41) is 12.1. The van der Waals surface area contributed by atoms with Gasteiger partial charge in [0, 0.05) is 39.1 Å². The number of nitrogens with zero attached hydrogens (tertiary/aromatic N) is 2. The van der Waals surface area contributed by atoms with Gasteiger partial charge in [-0.25, -0.2) is 0 Å². The van der Waals surface area contributed by atoms with E-state index in [0.29, 0.717) is 6.42 Å². The maximum absolute atomic E-state index is 11.9. The van der Waals surface area contributed by atoms with Gasteiger partial charge in [-0.3, -0.25) is 9.69 Å². The van der Waals surface area contributed by atoms with Gasteiger partial charge in [0.05, 0.1) is 6.61 Å². The minimum atomic E-state index is 0.203. The van der Waals surface area contributed by atoms with Gasteiger partial charge in [0.15, 0.2) is 0 Å². The summed E-state index contributed by atoms with van der Waals surface area (Å²) in [6.45, 7) is 8.17. The van der Waals surface area contributed by atoms with E-state index in [-0.39, 0.29) is 12.5 Å². The van der Waals surface area contributed by atoms with E-state index >= 15 is 0 Å². The van der Waals surface area contributed by atoms with Crippen molar-refractivity contribution in [3.8, 4) is 0 Å². The van der Waals surface area contributed by atoms with Crippen molar-refractivity contribution < 1.29 is 9.90 Å². The lowest BCUT2D eigenvalue weighted by atomic mass is 10.3. The van der Waals surface area contributed by atoms with Gasteiger partial charge in [0.1, 0.15) is 0 Å². The molecule has 0 aromatic carbocycles. The summed E-state index contributed by atoms with van der Waals surface area (Å²) >= 11 is 0. The largest absolute Gasteiger partial charge is 0.395 e. The number of β-amino-alcohol motifs (C(OH)–C–C–N with tert-alkyl or cyclic N) is 1. The van der Waals surface area contributed by atoms with Gasteiger partial charge in [-0.15, -0.1) is 0 Å². The lowest BCUT2D eigenvalue weighted by Crippen LogP contribution is -2.37. The van der Waals surface area contributed by atoms with Crippen LogP contribution in [-0.2, 0) is 4.79 Å². The third-order valence-corrected chi connectivity index (χ3v) is 3.12. The zero-order valence-corrected chi connectivity index (χ0v) is 10.8. The Morgan fingerprint density at radius 1 is 1.29 bits per heavy atom. The zero-order valence-electron chi connectivity index (χ0n) is 10.8. The topological polar surface area (TPSA) is 55.8 Å². The van der Waals surface area contributed by atoms with Gasteiger partial charge in [-0.2, -0.15) is 0 Å². The predicted octanol–water partition coefficient (Wildman–Crippen LogP) is -0.487. The highest BCUT2D eigenvalue weighted by molar-refractivity contribution is 5.76. The molecule has 1 heterocycles. The maximum atomic E-state index is 11.9. The number of aliphatic hydroxyl groups excluding tert-OH is 1. The van der Waals surface area contributed by atoms with E-state index < -0.39 is 0 Å². The van der Waals surface area contributed by atoms with E-state index in [4.69, 9.17) is 5.11 Å². The van der Waals surface area contributed by atoms with Crippen molar-refractivity contribution in [2.75, 3.05) is 52.4 Å². The van der Waals surface area contributed by atoms with Crippen molar-refractivity contribution in [1.29, 1.82) is 0 Å². The Hall–Kier alpha value is -0.650. The molecule has 1 saturated heterocycles. The molecule has 17 heavy (non-hydrogen) atoms.